The minimum Gasteiger partial charge on any atom is -0.494 e. The van der Waals surface area contributed by atoms with Crippen molar-refractivity contribution in [3.05, 3.63) is 23.8 Å². The fourth-order valence-corrected chi connectivity index (χ4v) is 3.76. The number of nitrogens with zero attached hydrogens (tertiary/aromatic N) is 1. The van der Waals surface area contributed by atoms with Gasteiger partial charge in [-0.15, -0.1) is 0 Å². The normalized spacial score (nSPS) is 17.2. The van der Waals surface area contributed by atoms with E-state index < -0.39 is 10.0 Å². The Morgan fingerprint density at radius 2 is 2.11 bits per heavy atom. The number of aryl methyl sites for hydroxylation is 1. The topological polar surface area (TPSA) is 66.8 Å². The molecule has 0 saturated carbocycles. The zero-order valence-corrected chi connectivity index (χ0v) is 12.0. The van der Waals surface area contributed by atoms with Crippen LogP contribution in [0.3, 0.4) is 0 Å². The molecule has 0 aliphatic carbocycles. The van der Waals surface area contributed by atoms with Gasteiger partial charge in [0.1, 0.15) is 5.75 Å². The summed E-state index contributed by atoms with van der Waals surface area (Å²) in [6, 6.07) is 4.89. The van der Waals surface area contributed by atoms with Crippen molar-refractivity contribution in [2.75, 3.05) is 26.3 Å². The molecular weight excluding hydrogens is 266 g/mol. The highest BCUT2D eigenvalue weighted by atomic mass is 32.2. The Morgan fingerprint density at radius 1 is 1.42 bits per heavy atom. The van der Waals surface area contributed by atoms with E-state index in [1.54, 1.807) is 18.2 Å². The van der Waals surface area contributed by atoms with Gasteiger partial charge in [0, 0.05) is 25.6 Å². The second-order valence-electron chi connectivity index (χ2n) is 4.73. The van der Waals surface area contributed by atoms with Crippen LogP contribution < -0.4 is 4.74 Å². The third kappa shape index (κ3) is 2.75. The largest absolute Gasteiger partial charge is 0.494 e. The van der Waals surface area contributed by atoms with Crippen molar-refractivity contribution in [2.45, 2.75) is 18.7 Å². The van der Waals surface area contributed by atoms with E-state index >= 15 is 0 Å². The Balaban J connectivity index is 2.20. The quantitative estimate of drug-likeness (QED) is 0.876. The van der Waals surface area contributed by atoms with Gasteiger partial charge in [-0.25, -0.2) is 8.42 Å². The van der Waals surface area contributed by atoms with Gasteiger partial charge in [-0.2, -0.15) is 4.31 Å². The highest BCUT2D eigenvalue weighted by molar-refractivity contribution is 7.89. The summed E-state index contributed by atoms with van der Waals surface area (Å²) in [5.74, 6) is 0.775. The molecule has 1 aliphatic rings. The number of rotatable bonds is 5. The number of hydrogen-bond donors (Lipinski definition) is 1. The summed E-state index contributed by atoms with van der Waals surface area (Å²) < 4.78 is 31.4. The van der Waals surface area contributed by atoms with Crippen LogP contribution in [0.1, 0.15) is 12.5 Å². The zero-order valence-electron chi connectivity index (χ0n) is 11.2. The predicted octanol–water partition coefficient (Wildman–Crippen LogP) is 1.01. The Labute approximate surface area is 113 Å². The summed E-state index contributed by atoms with van der Waals surface area (Å²) in [6.07, 6.45) is 0. The third-order valence-corrected chi connectivity index (χ3v) is 5.09. The van der Waals surface area contributed by atoms with Crippen molar-refractivity contribution in [1.82, 2.24) is 4.31 Å². The molecular formula is C13H19NO4S. The van der Waals surface area contributed by atoms with Gasteiger partial charge < -0.3 is 9.84 Å². The van der Waals surface area contributed by atoms with Gasteiger partial charge in [-0.3, -0.25) is 0 Å². The van der Waals surface area contributed by atoms with Crippen LogP contribution in [-0.2, 0) is 10.0 Å². The SMILES string of the molecule is CCOc1ccc(S(=O)(=O)N2CC(CO)C2)cc1C. The molecule has 0 aromatic heterocycles. The molecule has 1 fully saturated rings. The maximum absolute atomic E-state index is 12.3. The molecule has 6 heteroatoms. The van der Waals surface area contributed by atoms with E-state index in [0.29, 0.717) is 25.4 Å². The Kier molecular flexibility index (Phi) is 4.13. The fourth-order valence-electron chi connectivity index (χ4n) is 2.08. The number of ether oxygens (including phenoxy) is 1. The van der Waals surface area contributed by atoms with Crippen LogP contribution >= 0.6 is 0 Å². The van der Waals surface area contributed by atoms with E-state index in [1.165, 1.54) is 4.31 Å². The molecule has 0 unspecified atom stereocenters. The molecule has 1 saturated heterocycles. The van der Waals surface area contributed by atoms with Gasteiger partial charge >= 0.3 is 0 Å². The lowest BCUT2D eigenvalue weighted by molar-refractivity contribution is 0.117. The van der Waals surface area contributed by atoms with Crippen LogP contribution in [0.15, 0.2) is 23.1 Å². The Bertz CT molecular complexity index is 550. The van der Waals surface area contributed by atoms with Crippen molar-refractivity contribution in [3.8, 4) is 5.75 Å². The second kappa shape index (κ2) is 5.48. The van der Waals surface area contributed by atoms with Crippen LogP contribution in [-0.4, -0.2) is 44.1 Å². The third-order valence-electron chi connectivity index (χ3n) is 3.27. The highest BCUT2D eigenvalue weighted by Crippen LogP contribution is 2.28. The molecule has 0 atom stereocenters. The number of aliphatic hydroxyl groups excluding tert-OH is 1. The van der Waals surface area contributed by atoms with Crippen molar-refractivity contribution < 1.29 is 18.3 Å². The Morgan fingerprint density at radius 3 is 2.63 bits per heavy atom. The average molecular weight is 285 g/mol. The molecule has 1 aromatic carbocycles. The first-order valence-electron chi connectivity index (χ1n) is 6.33. The molecule has 1 aromatic rings. The summed E-state index contributed by atoms with van der Waals surface area (Å²) in [5.41, 5.74) is 0.808. The van der Waals surface area contributed by atoms with Crippen molar-refractivity contribution in [1.29, 1.82) is 0 Å². The predicted molar refractivity (Wildman–Crippen MR) is 71.7 cm³/mol. The maximum Gasteiger partial charge on any atom is 0.243 e. The minimum atomic E-state index is -3.43. The van der Waals surface area contributed by atoms with Gasteiger partial charge in [-0.1, -0.05) is 0 Å². The maximum atomic E-state index is 12.3. The smallest absolute Gasteiger partial charge is 0.243 e. The lowest BCUT2D eigenvalue weighted by Crippen LogP contribution is -2.51. The van der Waals surface area contributed by atoms with Crippen molar-refractivity contribution in [2.24, 2.45) is 5.92 Å². The van der Waals surface area contributed by atoms with Crippen LogP contribution in [0.2, 0.25) is 0 Å². The number of hydrogen-bond acceptors (Lipinski definition) is 4. The first-order chi connectivity index (χ1) is 8.98. The molecule has 1 heterocycles. The molecule has 19 heavy (non-hydrogen) atoms. The van der Waals surface area contributed by atoms with Gasteiger partial charge in [0.2, 0.25) is 10.0 Å². The molecule has 1 aliphatic heterocycles. The molecule has 106 valence electrons. The molecule has 5 nitrogen and oxygen atoms in total. The lowest BCUT2D eigenvalue weighted by Gasteiger charge is -2.37. The summed E-state index contributed by atoms with van der Waals surface area (Å²) in [4.78, 5) is 0.282. The highest BCUT2D eigenvalue weighted by Gasteiger charge is 2.36. The van der Waals surface area contributed by atoms with Gasteiger partial charge in [0.15, 0.2) is 0 Å². The molecule has 2 rings (SSSR count). The van der Waals surface area contributed by atoms with Gasteiger partial charge in [0.05, 0.1) is 11.5 Å². The monoisotopic (exact) mass is 285 g/mol. The van der Waals surface area contributed by atoms with E-state index in [4.69, 9.17) is 9.84 Å². The molecule has 0 amide bonds. The zero-order chi connectivity index (χ0) is 14.0. The van der Waals surface area contributed by atoms with Crippen molar-refractivity contribution >= 4 is 10.0 Å². The standard InChI is InChI=1S/C13H19NO4S/c1-3-18-13-5-4-12(6-10(13)2)19(16,17)14-7-11(8-14)9-15/h4-6,11,15H,3,7-9H2,1-2H3. The van der Waals surface area contributed by atoms with Crippen molar-refractivity contribution in [3.63, 3.8) is 0 Å². The lowest BCUT2D eigenvalue weighted by atomic mass is 10.1. The summed E-state index contributed by atoms with van der Waals surface area (Å²) in [5, 5.41) is 8.94. The second-order valence-corrected chi connectivity index (χ2v) is 6.67. The molecule has 0 spiro atoms. The Hall–Kier alpha value is -1.11. The van der Waals surface area contributed by atoms with Crippen LogP contribution in [0.25, 0.3) is 0 Å². The molecule has 1 N–H and O–H groups in total. The van der Waals surface area contributed by atoms with E-state index in [-0.39, 0.29) is 17.4 Å². The molecule has 0 radical (unpaired) electrons. The van der Waals surface area contributed by atoms with Crippen LogP contribution in [0, 0.1) is 12.8 Å². The molecule has 0 bridgehead atoms. The van der Waals surface area contributed by atoms with Crippen LogP contribution in [0.5, 0.6) is 5.75 Å². The summed E-state index contributed by atoms with van der Waals surface area (Å²) >= 11 is 0. The van der Waals surface area contributed by atoms with Gasteiger partial charge in [-0.05, 0) is 37.6 Å². The first kappa shape index (κ1) is 14.3. The summed E-state index contributed by atoms with van der Waals surface area (Å²) in [6.45, 7) is 5.09. The fraction of sp³-hybridized carbons (Fsp3) is 0.538. The number of sulfonamides is 1. The van der Waals surface area contributed by atoms with Gasteiger partial charge in [0.25, 0.3) is 0 Å². The van der Waals surface area contributed by atoms with E-state index in [1.807, 2.05) is 13.8 Å². The first-order valence-corrected chi connectivity index (χ1v) is 7.77. The number of benzene rings is 1. The minimum absolute atomic E-state index is 0.0360. The number of aliphatic hydroxyl groups is 1. The average Bonchev–Trinajstić information content (AvgIpc) is 2.30. The summed E-state index contributed by atoms with van der Waals surface area (Å²) in [7, 11) is -3.43. The van der Waals surface area contributed by atoms with E-state index in [9.17, 15) is 8.42 Å². The van der Waals surface area contributed by atoms with E-state index in [2.05, 4.69) is 0 Å². The van der Waals surface area contributed by atoms with E-state index in [0.717, 1.165) is 5.56 Å². The van der Waals surface area contributed by atoms with Crippen LogP contribution in [0.4, 0.5) is 0 Å².